The van der Waals surface area contributed by atoms with Gasteiger partial charge in [0.05, 0.1) is 23.0 Å². The smallest absolute Gasteiger partial charge is 0.397 e. The Hall–Kier alpha value is -3.97. The Balaban J connectivity index is 0.000000204. The summed E-state index contributed by atoms with van der Waals surface area (Å²) in [6, 6.07) is 2.68. The Bertz CT molecular complexity index is 1350. The van der Waals surface area contributed by atoms with Gasteiger partial charge in [0.2, 0.25) is 0 Å². The Morgan fingerprint density at radius 1 is 0.950 bits per heavy atom. The molecule has 0 atom stereocenters. The summed E-state index contributed by atoms with van der Waals surface area (Å²) in [6.07, 6.45) is 4.89. The van der Waals surface area contributed by atoms with Gasteiger partial charge in [-0.05, 0) is 24.1 Å². The summed E-state index contributed by atoms with van der Waals surface area (Å²) in [5.74, 6) is -0.857. The number of hydrogen-bond acceptors (Lipinski definition) is 6. The lowest BCUT2D eigenvalue weighted by Crippen LogP contribution is -2.34. The molecule has 0 radical (unpaired) electrons. The number of rotatable bonds is 2. The maximum absolute atomic E-state index is 14.2. The largest absolute Gasteiger partial charge is 0.423 e. The number of anilines is 1. The van der Waals surface area contributed by atoms with Crippen LogP contribution in [0.25, 0.3) is 11.4 Å². The number of alkyl halides is 5. The van der Waals surface area contributed by atoms with Crippen molar-refractivity contribution in [3.8, 4) is 11.4 Å². The zero-order chi connectivity index (χ0) is 29.4. The third-order valence-electron chi connectivity index (χ3n) is 6.32. The first kappa shape index (κ1) is 30.6. The number of halogens is 6. The first-order valence-electron chi connectivity index (χ1n) is 12.5. The standard InChI is InChI=1S/C15H12F3N3O.C6H12.C5H4F3N3O/c1-21-3-2-8-4-11(12(16)5-10(8)15(21)22)14-19-6-9(7-20-14)13(17)18;1-2-4-6-5-3-1;6-5(7,8)3-2(9)1-10-11-4(3)12/h4-7,13H,2-3H2,1H3;1-6H2;1H,(H3,9,11,12). The van der Waals surface area contributed by atoms with Gasteiger partial charge in [-0.25, -0.2) is 28.2 Å². The van der Waals surface area contributed by atoms with Crippen LogP contribution in [0.2, 0.25) is 0 Å². The number of benzene rings is 1. The maximum Gasteiger partial charge on any atom is 0.423 e. The third-order valence-corrected chi connectivity index (χ3v) is 6.32. The van der Waals surface area contributed by atoms with E-state index in [4.69, 9.17) is 5.73 Å². The molecule has 1 aromatic carbocycles. The molecule has 0 spiro atoms. The molecule has 1 aliphatic heterocycles. The van der Waals surface area contributed by atoms with Crippen molar-refractivity contribution in [2.24, 2.45) is 0 Å². The normalized spacial score (nSPS) is 15.0. The lowest BCUT2D eigenvalue weighted by atomic mass is 9.96. The highest BCUT2D eigenvalue weighted by molar-refractivity contribution is 5.97. The SMILES string of the molecule is C1CCCCC1.CN1CCc2cc(-c3ncc(C(F)F)cn3)c(F)cc2C1=O.Nc1cn[nH]c(=O)c1C(F)(F)F. The van der Waals surface area contributed by atoms with E-state index in [1.54, 1.807) is 12.1 Å². The van der Waals surface area contributed by atoms with Crippen molar-refractivity contribution in [1.29, 1.82) is 0 Å². The Labute approximate surface area is 225 Å². The van der Waals surface area contributed by atoms with Crippen molar-refractivity contribution in [2.45, 2.75) is 57.5 Å². The van der Waals surface area contributed by atoms with Crippen LogP contribution in [0.15, 0.2) is 35.5 Å². The van der Waals surface area contributed by atoms with E-state index in [1.807, 2.05) is 0 Å². The molecular formula is C26H28F6N6O2. The summed E-state index contributed by atoms with van der Waals surface area (Å²) in [7, 11) is 1.66. The Morgan fingerprint density at radius 2 is 1.52 bits per heavy atom. The molecule has 0 bridgehead atoms. The molecule has 2 aliphatic rings. The quantitative estimate of drug-likeness (QED) is 0.390. The first-order chi connectivity index (χ1) is 18.9. The molecule has 216 valence electrons. The number of nitrogen functional groups attached to an aromatic ring is 1. The number of nitrogens with zero attached hydrogens (tertiary/aromatic N) is 4. The molecule has 1 saturated carbocycles. The summed E-state index contributed by atoms with van der Waals surface area (Å²) in [5.41, 5.74) is 2.31. The van der Waals surface area contributed by atoms with Gasteiger partial charge >= 0.3 is 6.18 Å². The average Bonchev–Trinajstić information content (AvgIpc) is 2.92. The van der Waals surface area contributed by atoms with Crippen LogP contribution in [-0.2, 0) is 12.6 Å². The van der Waals surface area contributed by atoms with Crippen LogP contribution < -0.4 is 11.3 Å². The van der Waals surface area contributed by atoms with Crippen LogP contribution in [0.4, 0.5) is 32.0 Å². The maximum atomic E-state index is 14.2. The highest BCUT2D eigenvalue weighted by Crippen LogP contribution is 2.30. The van der Waals surface area contributed by atoms with Gasteiger partial charge in [0.25, 0.3) is 17.9 Å². The molecule has 1 amide bonds. The second kappa shape index (κ2) is 13.4. The summed E-state index contributed by atoms with van der Waals surface area (Å²) >= 11 is 0. The molecule has 5 rings (SSSR count). The van der Waals surface area contributed by atoms with E-state index in [1.165, 1.54) is 49.5 Å². The van der Waals surface area contributed by atoms with Crippen LogP contribution >= 0.6 is 0 Å². The summed E-state index contributed by atoms with van der Waals surface area (Å²) in [6.45, 7) is 0.544. The number of fused-ring (bicyclic) bond motifs is 1. The van der Waals surface area contributed by atoms with E-state index in [-0.39, 0.29) is 22.9 Å². The number of hydrogen-bond donors (Lipinski definition) is 2. The number of amides is 1. The van der Waals surface area contributed by atoms with Crippen molar-refractivity contribution in [3.63, 3.8) is 0 Å². The van der Waals surface area contributed by atoms with E-state index < -0.39 is 35.2 Å². The zero-order valence-electron chi connectivity index (χ0n) is 21.6. The van der Waals surface area contributed by atoms with Gasteiger partial charge in [0, 0.05) is 31.5 Å². The number of aromatic amines is 1. The van der Waals surface area contributed by atoms with Gasteiger partial charge in [-0.15, -0.1) is 0 Å². The molecule has 1 fully saturated rings. The Morgan fingerprint density at radius 3 is 2.00 bits per heavy atom. The topological polar surface area (TPSA) is 118 Å². The van der Waals surface area contributed by atoms with Crippen molar-refractivity contribution in [2.75, 3.05) is 19.3 Å². The fourth-order valence-electron chi connectivity index (χ4n) is 4.15. The van der Waals surface area contributed by atoms with Crippen LogP contribution in [0, 0.1) is 5.82 Å². The predicted molar refractivity (Wildman–Crippen MR) is 135 cm³/mol. The summed E-state index contributed by atoms with van der Waals surface area (Å²) < 4.78 is 75.1. The Kier molecular flexibility index (Phi) is 10.2. The second-order valence-corrected chi connectivity index (χ2v) is 9.26. The molecule has 3 N–H and O–H groups in total. The molecule has 40 heavy (non-hydrogen) atoms. The molecular weight excluding hydrogens is 542 g/mol. The molecule has 3 heterocycles. The number of aromatic nitrogens is 4. The van der Waals surface area contributed by atoms with Gasteiger partial charge < -0.3 is 10.6 Å². The minimum absolute atomic E-state index is 0.0241. The highest BCUT2D eigenvalue weighted by Gasteiger charge is 2.36. The number of carbonyl (C=O) groups excluding carboxylic acids is 1. The fourth-order valence-corrected chi connectivity index (χ4v) is 4.15. The third kappa shape index (κ3) is 7.79. The number of nitrogens with two attached hydrogens (primary N) is 1. The number of carbonyl (C=O) groups is 1. The zero-order valence-corrected chi connectivity index (χ0v) is 21.6. The van der Waals surface area contributed by atoms with Crippen molar-refractivity contribution in [1.82, 2.24) is 25.1 Å². The van der Waals surface area contributed by atoms with Gasteiger partial charge in [-0.3, -0.25) is 9.59 Å². The van der Waals surface area contributed by atoms with Crippen molar-refractivity contribution >= 4 is 11.6 Å². The first-order valence-corrected chi connectivity index (χ1v) is 12.5. The second-order valence-electron chi connectivity index (χ2n) is 9.26. The minimum atomic E-state index is -4.74. The number of H-pyrrole nitrogens is 1. The molecule has 2 aromatic heterocycles. The van der Waals surface area contributed by atoms with Crippen LogP contribution in [0.5, 0.6) is 0 Å². The van der Waals surface area contributed by atoms with E-state index in [0.717, 1.165) is 24.7 Å². The van der Waals surface area contributed by atoms with Gasteiger partial charge in [0.15, 0.2) is 5.82 Å². The fraction of sp³-hybridized carbons (Fsp3) is 0.423. The van der Waals surface area contributed by atoms with Gasteiger partial charge in [0.1, 0.15) is 11.4 Å². The lowest BCUT2D eigenvalue weighted by Gasteiger charge is -2.25. The molecule has 3 aromatic rings. The predicted octanol–water partition coefficient (Wildman–Crippen LogP) is 5.56. The van der Waals surface area contributed by atoms with E-state index in [2.05, 4.69) is 15.1 Å². The van der Waals surface area contributed by atoms with Crippen LogP contribution in [-0.4, -0.2) is 44.6 Å². The summed E-state index contributed by atoms with van der Waals surface area (Å²) in [4.78, 5) is 31.6. The van der Waals surface area contributed by atoms with E-state index in [0.29, 0.717) is 24.1 Å². The van der Waals surface area contributed by atoms with E-state index in [9.17, 15) is 35.9 Å². The van der Waals surface area contributed by atoms with Crippen LogP contribution in [0.1, 0.15) is 72.0 Å². The highest BCUT2D eigenvalue weighted by atomic mass is 19.4. The van der Waals surface area contributed by atoms with Crippen LogP contribution in [0.3, 0.4) is 0 Å². The molecule has 0 saturated heterocycles. The summed E-state index contributed by atoms with van der Waals surface area (Å²) in [5, 5.41) is 4.74. The minimum Gasteiger partial charge on any atom is -0.397 e. The molecule has 0 unspecified atom stereocenters. The number of likely N-dealkylation sites (N-methyl/N-ethyl adjacent to an activating group) is 1. The monoisotopic (exact) mass is 570 g/mol. The van der Waals surface area contributed by atoms with Gasteiger partial charge in [-0.2, -0.15) is 18.3 Å². The lowest BCUT2D eigenvalue weighted by molar-refractivity contribution is -0.138. The van der Waals surface area contributed by atoms with Gasteiger partial charge in [-0.1, -0.05) is 38.5 Å². The van der Waals surface area contributed by atoms with E-state index >= 15 is 0 Å². The molecule has 8 nitrogen and oxygen atoms in total. The van der Waals surface area contributed by atoms with Crippen molar-refractivity contribution in [3.05, 3.63) is 69.1 Å². The number of nitrogens with one attached hydrogen (secondary N) is 1. The molecule has 1 aliphatic carbocycles. The van der Waals surface area contributed by atoms with Crippen molar-refractivity contribution < 1.29 is 31.1 Å². The average molecular weight is 571 g/mol. The molecule has 14 heteroatoms.